The average molecular weight is 417 g/mol. The van der Waals surface area contributed by atoms with Gasteiger partial charge in [-0.15, -0.1) is 0 Å². The van der Waals surface area contributed by atoms with Gasteiger partial charge < -0.3 is 23.7 Å². The first-order valence-corrected chi connectivity index (χ1v) is 10.4. The van der Waals surface area contributed by atoms with Crippen LogP contribution in [0.15, 0.2) is 42.6 Å². The lowest BCUT2D eigenvalue weighted by molar-refractivity contribution is 0.0154. The maximum Gasteiger partial charge on any atom is 0.129 e. The molecule has 0 spiro atoms. The zero-order chi connectivity index (χ0) is 20.9. The molecular formula is C23H32N2O5. The summed E-state index contributed by atoms with van der Waals surface area (Å²) in [6.45, 7) is 6.81. The van der Waals surface area contributed by atoms with Gasteiger partial charge in [0.25, 0.3) is 0 Å². The Morgan fingerprint density at radius 3 is 2.00 bits per heavy atom. The molecule has 1 aliphatic heterocycles. The summed E-state index contributed by atoms with van der Waals surface area (Å²) in [6, 6.07) is 12.0. The summed E-state index contributed by atoms with van der Waals surface area (Å²) >= 11 is 0. The van der Waals surface area contributed by atoms with E-state index >= 15 is 0 Å². The molecule has 1 aromatic carbocycles. The minimum Gasteiger partial charge on any atom is -0.496 e. The van der Waals surface area contributed by atoms with Crippen LogP contribution in [0, 0.1) is 0 Å². The zero-order valence-electron chi connectivity index (χ0n) is 17.8. The standard InChI is InChI=1S/C23H32N2O5/c1-26-23-20-5-4-6-21(23)19-30-16-14-28-12-10-25(9-11-27-13-15-29-18-20)17-22-7-2-3-8-24-22/h2-8H,9-19H2,1H3. The molecule has 0 saturated heterocycles. The molecule has 0 amide bonds. The molecule has 3 rings (SSSR count). The van der Waals surface area contributed by atoms with E-state index in [0.717, 1.165) is 42.2 Å². The van der Waals surface area contributed by atoms with E-state index in [9.17, 15) is 0 Å². The third-order valence-corrected chi connectivity index (χ3v) is 4.86. The average Bonchev–Trinajstić information content (AvgIpc) is 2.77. The maximum absolute atomic E-state index is 5.79. The van der Waals surface area contributed by atoms with Gasteiger partial charge in [-0.25, -0.2) is 0 Å². The molecule has 0 aliphatic carbocycles. The van der Waals surface area contributed by atoms with Crippen LogP contribution in [0.3, 0.4) is 0 Å². The van der Waals surface area contributed by atoms with Gasteiger partial charge >= 0.3 is 0 Å². The van der Waals surface area contributed by atoms with Crippen molar-refractivity contribution < 1.29 is 23.7 Å². The van der Waals surface area contributed by atoms with E-state index in [-0.39, 0.29) is 0 Å². The summed E-state index contributed by atoms with van der Waals surface area (Å²) in [5.74, 6) is 0.825. The van der Waals surface area contributed by atoms with Crippen LogP contribution >= 0.6 is 0 Å². The number of nitrogens with zero attached hydrogens (tertiary/aromatic N) is 2. The SMILES string of the molecule is COc1c2cccc1COCCOCCN(Cc1ccccn1)CCOCCOC2. The van der Waals surface area contributed by atoms with Crippen molar-refractivity contribution in [3.8, 4) is 5.75 Å². The lowest BCUT2D eigenvalue weighted by atomic mass is 10.1. The number of benzene rings is 1. The third kappa shape index (κ3) is 7.66. The van der Waals surface area contributed by atoms with Crippen molar-refractivity contribution in [2.75, 3.05) is 59.8 Å². The molecule has 0 saturated carbocycles. The van der Waals surface area contributed by atoms with Gasteiger partial charge in [-0.2, -0.15) is 0 Å². The number of ether oxygens (including phenoxy) is 5. The lowest BCUT2D eigenvalue weighted by Crippen LogP contribution is -2.31. The molecule has 2 heterocycles. The fourth-order valence-corrected chi connectivity index (χ4v) is 3.31. The summed E-state index contributed by atoms with van der Waals surface area (Å²) in [6.07, 6.45) is 1.82. The van der Waals surface area contributed by atoms with Gasteiger partial charge in [0.2, 0.25) is 0 Å². The first-order valence-electron chi connectivity index (χ1n) is 10.4. The molecule has 0 atom stereocenters. The molecule has 2 aromatic rings. The van der Waals surface area contributed by atoms with Crippen molar-refractivity contribution in [3.05, 3.63) is 59.4 Å². The second-order valence-corrected chi connectivity index (χ2v) is 7.04. The second-order valence-electron chi connectivity index (χ2n) is 7.04. The van der Waals surface area contributed by atoms with E-state index in [4.69, 9.17) is 23.7 Å². The van der Waals surface area contributed by atoms with Gasteiger partial charge in [-0.3, -0.25) is 9.88 Å². The van der Waals surface area contributed by atoms with Crippen LogP contribution in [0.2, 0.25) is 0 Å². The normalized spacial score (nSPS) is 18.3. The van der Waals surface area contributed by atoms with Crippen LogP contribution in [0.1, 0.15) is 16.8 Å². The Hall–Kier alpha value is -2.03. The van der Waals surface area contributed by atoms with Crippen LogP contribution in [0.25, 0.3) is 0 Å². The minimum atomic E-state index is 0.481. The smallest absolute Gasteiger partial charge is 0.129 e. The van der Waals surface area contributed by atoms with Crippen molar-refractivity contribution in [2.45, 2.75) is 19.8 Å². The first-order chi connectivity index (χ1) is 14.9. The lowest BCUT2D eigenvalue weighted by Gasteiger charge is -2.22. The van der Waals surface area contributed by atoms with Gasteiger partial charge in [-0.05, 0) is 12.1 Å². The highest BCUT2D eigenvalue weighted by molar-refractivity contribution is 5.40. The molecule has 164 valence electrons. The Labute approximate surface area is 178 Å². The predicted octanol–water partition coefficient (Wildman–Crippen LogP) is 2.67. The summed E-state index contributed by atoms with van der Waals surface area (Å²) in [5, 5.41) is 0. The van der Waals surface area contributed by atoms with E-state index in [2.05, 4.69) is 9.88 Å². The molecule has 0 unspecified atom stereocenters. The summed E-state index contributed by atoms with van der Waals surface area (Å²) in [5.41, 5.74) is 3.07. The summed E-state index contributed by atoms with van der Waals surface area (Å²) in [7, 11) is 1.68. The second kappa shape index (κ2) is 13.3. The quantitative estimate of drug-likeness (QED) is 0.762. The van der Waals surface area contributed by atoms with Gasteiger partial charge in [-0.1, -0.05) is 24.3 Å². The van der Waals surface area contributed by atoms with Crippen molar-refractivity contribution in [1.82, 2.24) is 9.88 Å². The number of pyridine rings is 1. The van der Waals surface area contributed by atoms with Crippen molar-refractivity contribution in [2.24, 2.45) is 0 Å². The van der Waals surface area contributed by atoms with Crippen LogP contribution in [-0.4, -0.2) is 69.7 Å². The third-order valence-electron chi connectivity index (χ3n) is 4.86. The number of aromatic nitrogens is 1. The number of para-hydroxylation sites is 1. The van der Waals surface area contributed by atoms with Crippen LogP contribution in [0.5, 0.6) is 5.75 Å². The van der Waals surface area contributed by atoms with Gasteiger partial charge in [0.05, 0.1) is 65.7 Å². The maximum atomic E-state index is 5.79. The van der Waals surface area contributed by atoms with E-state index < -0.39 is 0 Å². The van der Waals surface area contributed by atoms with E-state index in [1.165, 1.54) is 0 Å². The van der Waals surface area contributed by atoms with Crippen molar-refractivity contribution >= 4 is 0 Å². The van der Waals surface area contributed by atoms with Crippen LogP contribution in [0.4, 0.5) is 0 Å². The molecule has 30 heavy (non-hydrogen) atoms. The number of hydrogen-bond acceptors (Lipinski definition) is 7. The largest absolute Gasteiger partial charge is 0.496 e. The molecule has 7 heteroatoms. The molecular weight excluding hydrogens is 384 g/mol. The Morgan fingerprint density at radius 2 is 1.43 bits per heavy atom. The topological polar surface area (TPSA) is 62.3 Å². The fourth-order valence-electron chi connectivity index (χ4n) is 3.31. The zero-order valence-corrected chi connectivity index (χ0v) is 17.8. The Bertz CT molecular complexity index is 693. The highest BCUT2D eigenvalue weighted by Crippen LogP contribution is 2.25. The van der Waals surface area contributed by atoms with E-state index in [1.54, 1.807) is 7.11 Å². The molecule has 0 N–H and O–H groups in total. The Kier molecular flexibility index (Phi) is 10.0. The van der Waals surface area contributed by atoms with Crippen molar-refractivity contribution in [3.63, 3.8) is 0 Å². The number of fused-ring (bicyclic) bond motifs is 2. The first kappa shape index (κ1) is 22.7. The molecule has 1 aromatic heterocycles. The molecule has 0 radical (unpaired) electrons. The van der Waals surface area contributed by atoms with Crippen LogP contribution in [-0.2, 0) is 38.7 Å². The number of hydrogen-bond donors (Lipinski definition) is 0. The Morgan fingerprint density at radius 1 is 0.800 bits per heavy atom. The minimum absolute atomic E-state index is 0.481. The molecule has 7 nitrogen and oxygen atoms in total. The monoisotopic (exact) mass is 416 g/mol. The van der Waals surface area contributed by atoms with Crippen LogP contribution < -0.4 is 4.74 Å². The highest BCUT2D eigenvalue weighted by Gasteiger charge is 2.11. The number of methoxy groups -OCH3 is 1. The summed E-state index contributed by atoms with van der Waals surface area (Å²) < 4.78 is 28.7. The number of rotatable bonds is 3. The molecule has 0 fully saturated rings. The van der Waals surface area contributed by atoms with Gasteiger partial charge in [0.15, 0.2) is 0 Å². The molecule has 1 aliphatic rings. The van der Waals surface area contributed by atoms with Crippen molar-refractivity contribution in [1.29, 1.82) is 0 Å². The summed E-state index contributed by atoms with van der Waals surface area (Å²) in [4.78, 5) is 6.72. The van der Waals surface area contributed by atoms with Gasteiger partial charge in [0.1, 0.15) is 5.75 Å². The molecule has 2 bridgehead atoms. The fraction of sp³-hybridized carbons (Fsp3) is 0.522. The predicted molar refractivity (Wildman–Crippen MR) is 113 cm³/mol. The van der Waals surface area contributed by atoms with E-state index in [0.29, 0.717) is 52.9 Å². The highest BCUT2D eigenvalue weighted by atomic mass is 16.5. The van der Waals surface area contributed by atoms with E-state index in [1.807, 2.05) is 42.6 Å². The van der Waals surface area contributed by atoms with Gasteiger partial charge in [0, 0.05) is 37.0 Å². The Balaban J connectivity index is 1.54.